The first-order valence-electron chi connectivity index (χ1n) is 10.0. The lowest BCUT2D eigenvalue weighted by Crippen LogP contribution is -2.38. The van der Waals surface area contributed by atoms with Gasteiger partial charge in [0, 0.05) is 28.9 Å². The van der Waals surface area contributed by atoms with Gasteiger partial charge in [-0.05, 0) is 49.7 Å². The maximum absolute atomic E-state index is 12.8. The molecule has 0 fully saturated rings. The number of hydrogen-bond acceptors (Lipinski definition) is 3. The van der Waals surface area contributed by atoms with Crippen LogP contribution in [-0.4, -0.2) is 33.4 Å². The third kappa shape index (κ3) is 5.74. The summed E-state index contributed by atoms with van der Waals surface area (Å²) in [6.07, 6.45) is 5.48. The molecule has 0 radical (unpaired) electrons. The van der Waals surface area contributed by atoms with Gasteiger partial charge in [-0.1, -0.05) is 53.6 Å². The van der Waals surface area contributed by atoms with Gasteiger partial charge in [0.25, 0.3) is 5.91 Å². The normalized spacial score (nSPS) is 12.0. The van der Waals surface area contributed by atoms with E-state index in [9.17, 15) is 14.4 Å². The molecule has 1 atom stereocenters. The average Bonchev–Trinajstić information content (AvgIpc) is 3.21. The van der Waals surface area contributed by atoms with Crippen LogP contribution < -0.4 is 5.32 Å². The maximum atomic E-state index is 12.8. The Bertz CT molecular complexity index is 1180. The van der Waals surface area contributed by atoms with Crippen molar-refractivity contribution in [2.45, 2.75) is 26.4 Å². The number of rotatable bonds is 8. The van der Waals surface area contributed by atoms with Gasteiger partial charge < -0.3 is 15.0 Å². The van der Waals surface area contributed by atoms with E-state index in [-0.39, 0.29) is 11.3 Å². The summed E-state index contributed by atoms with van der Waals surface area (Å²) in [6.45, 7) is 3.81. The number of amides is 1. The van der Waals surface area contributed by atoms with Gasteiger partial charge in [0.1, 0.15) is 6.04 Å². The molecule has 3 aromatic rings. The summed E-state index contributed by atoms with van der Waals surface area (Å²) in [5, 5.41) is 11.7. The van der Waals surface area contributed by atoms with E-state index >= 15 is 0 Å². The highest BCUT2D eigenvalue weighted by molar-refractivity contribution is 6.31. The minimum absolute atomic E-state index is 0.0577. The van der Waals surface area contributed by atoms with Crippen LogP contribution in [0.15, 0.2) is 66.9 Å². The molecule has 3 rings (SSSR count). The summed E-state index contributed by atoms with van der Waals surface area (Å²) < 4.78 is 1.84. The van der Waals surface area contributed by atoms with Crippen LogP contribution in [0, 0.1) is 6.92 Å². The van der Waals surface area contributed by atoms with Gasteiger partial charge in [-0.25, -0.2) is 0 Å². The lowest BCUT2D eigenvalue weighted by Gasteiger charge is -2.10. The molecule has 0 saturated carbocycles. The first-order valence-corrected chi connectivity index (χ1v) is 10.4. The number of aliphatic carboxylic acids is 1. The van der Waals surface area contributed by atoms with Crippen LogP contribution >= 0.6 is 11.6 Å². The van der Waals surface area contributed by atoms with Crippen LogP contribution in [0.3, 0.4) is 0 Å². The SMILES string of the molecule is Cc1ccc(C(=O)c2cccn2C/C=C/c2cc(Cl)cc(C(=O)N[C@@H](C)C(=O)O)c2)cc1. The molecule has 0 spiro atoms. The zero-order chi connectivity index (χ0) is 23.3. The molecule has 6 nitrogen and oxygen atoms in total. The van der Waals surface area contributed by atoms with Crippen LogP contribution in [0.1, 0.15) is 44.5 Å². The molecule has 1 aromatic heterocycles. The maximum Gasteiger partial charge on any atom is 0.325 e. The van der Waals surface area contributed by atoms with E-state index in [0.717, 1.165) is 5.56 Å². The molecule has 2 N–H and O–H groups in total. The van der Waals surface area contributed by atoms with Gasteiger partial charge in [0.2, 0.25) is 5.78 Å². The fourth-order valence-corrected chi connectivity index (χ4v) is 3.36. The second-order valence-electron chi connectivity index (χ2n) is 7.45. The van der Waals surface area contributed by atoms with Crippen LogP contribution in [0.25, 0.3) is 6.08 Å². The van der Waals surface area contributed by atoms with Gasteiger partial charge in [0.15, 0.2) is 0 Å². The lowest BCUT2D eigenvalue weighted by molar-refractivity contribution is -0.138. The Morgan fingerprint density at radius 3 is 2.50 bits per heavy atom. The standard InChI is InChI=1S/C25H23ClN2O4/c1-16-7-9-19(10-8-16)23(29)22-6-4-12-28(22)11-3-5-18-13-20(15-21(26)14-18)24(30)27-17(2)25(31)32/h3-10,12-15,17H,11H2,1-2H3,(H,27,30)(H,31,32)/b5-3+/t17-/m0/s1. The fourth-order valence-electron chi connectivity index (χ4n) is 3.12. The first kappa shape index (κ1) is 23.0. The highest BCUT2D eigenvalue weighted by Crippen LogP contribution is 2.17. The first-order chi connectivity index (χ1) is 15.2. The number of hydrogen-bond donors (Lipinski definition) is 2. The molecule has 0 aliphatic heterocycles. The monoisotopic (exact) mass is 450 g/mol. The number of nitrogens with one attached hydrogen (secondary N) is 1. The molecule has 0 aliphatic rings. The molecule has 0 unspecified atom stereocenters. The molecule has 0 saturated heterocycles. The Morgan fingerprint density at radius 2 is 1.81 bits per heavy atom. The van der Waals surface area contributed by atoms with E-state index < -0.39 is 17.9 Å². The number of allylic oxidation sites excluding steroid dienone is 1. The number of halogens is 1. The van der Waals surface area contributed by atoms with Gasteiger partial charge in [-0.3, -0.25) is 14.4 Å². The largest absolute Gasteiger partial charge is 0.480 e. The second-order valence-corrected chi connectivity index (χ2v) is 7.89. The van der Waals surface area contributed by atoms with Crippen LogP contribution in [-0.2, 0) is 11.3 Å². The Kier molecular flexibility index (Phi) is 7.28. The number of carbonyl (C=O) groups excluding carboxylic acids is 2. The topological polar surface area (TPSA) is 88.4 Å². The van der Waals surface area contributed by atoms with Crippen molar-refractivity contribution in [1.82, 2.24) is 9.88 Å². The van der Waals surface area contributed by atoms with Crippen LogP contribution in [0.5, 0.6) is 0 Å². The number of carboxylic acids is 1. The molecule has 0 aliphatic carbocycles. The third-order valence-electron chi connectivity index (χ3n) is 4.89. The number of carbonyl (C=O) groups is 3. The lowest BCUT2D eigenvalue weighted by atomic mass is 10.1. The molecular weight excluding hydrogens is 428 g/mol. The van der Waals surface area contributed by atoms with Crippen LogP contribution in [0.2, 0.25) is 5.02 Å². The van der Waals surface area contributed by atoms with Crippen LogP contribution in [0.4, 0.5) is 0 Å². The van der Waals surface area contributed by atoms with Crippen molar-refractivity contribution in [2.75, 3.05) is 0 Å². The Hall–Kier alpha value is -3.64. The molecule has 2 aromatic carbocycles. The van der Waals surface area contributed by atoms with E-state index in [1.807, 2.05) is 54.1 Å². The zero-order valence-electron chi connectivity index (χ0n) is 17.7. The van der Waals surface area contributed by atoms with Crippen molar-refractivity contribution in [3.8, 4) is 0 Å². The smallest absolute Gasteiger partial charge is 0.325 e. The number of nitrogens with zero attached hydrogens (tertiary/aromatic N) is 1. The predicted molar refractivity (Wildman–Crippen MR) is 124 cm³/mol. The minimum Gasteiger partial charge on any atom is -0.480 e. The Labute approximate surface area is 191 Å². The molecule has 0 bridgehead atoms. The summed E-state index contributed by atoms with van der Waals surface area (Å²) in [5.74, 6) is -1.70. The van der Waals surface area contributed by atoms with Crippen molar-refractivity contribution in [1.29, 1.82) is 0 Å². The van der Waals surface area contributed by atoms with Crippen molar-refractivity contribution >= 4 is 35.3 Å². The predicted octanol–water partition coefficient (Wildman–Crippen LogP) is 4.60. The zero-order valence-corrected chi connectivity index (χ0v) is 18.5. The molecule has 7 heteroatoms. The quantitative estimate of drug-likeness (QED) is 0.491. The Morgan fingerprint density at radius 1 is 1.09 bits per heavy atom. The van der Waals surface area contributed by atoms with E-state index in [4.69, 9.17) is 16.7 Å². The molecular formula is C25H23ClN2O4. The number of ketones is 1. The number of aromatic nitrogens is 1. The van der Waals surface area contributed by atoms with E-state index in [0.29, 0.717) is 28.4 Å². The van der Waals surface area contributed by atoms with E-state index in [1.165, 1.54) is 13.0 Å². The van der Waals surface area contributed by atoms with Crippen molar-refractivity contribution < 1.29 is 19.5 Å². The average molecular weight is 451 g/mol. The van der Waals surface area contributed by atoms with Gasteiger partial charge >= 0.3 is 5.97 Å². The summed E-state index contributed by atoms with van der Waals surface area (Å²) in [7, 11) is 0. The van der Waals surface area contributed by atoms with E-state index in [2.05, 4.69) is 5.32 Å². The molecule has 1 amide bonds. The number of aryl methyl sites for hydroxylation is 1. The van der Waals surface area contributed by atoms with Crippen molar-refractivity contribution in [3.05, 3.63) is 99.8 Å². The molecule has 164 valence electrons. The van der Waals surface area contributed by atoms with Gasteiger partial charge in [-0.2, -0.15) is 0 Å². The number of benzene rings is 2. The summed E-state index contributed by atoms with van der Waals surface area (Å²) in [5.41, 5.74) is 3.24. The summed E-state index contributed by atoms with van der Waals surface area (Å²) >= 11 is 6.14. The highest BCUT2D eigenvalue weighted by atomic mass is 35.5. The molecule has 32 heavy (non-hydrogen) atoms. The summed E-state index contributed by atoms with van der Waals surface area (Å²) in [6, 6.07) is 14.8. The summed E-state index contributed by atoms with van der Waals surface area (Å²) in [4.78, 5) is 36.1. The van der Waals surface area contributed by atoms with Crippen molar-refractivity contribution in [3.63, 3.8) is 0 Å². The van der Waals surface area contributed by atoms with E-state index in [1.54, 1.807) is 24.3 Å². The third-order valence-corrected chi connectivity index (χ3v) is 5.11. The van der Waals surface area contributed by atoms with Gasteiger partial charge in [-0.15, -0.1) is 0 Å². The van der Waals surface area contributed by atoms with Crippen molar-refractivity contribution in [2.24, 2.45) is 0 Å². The fraction of sp³-hybridized carbons (Fsp3) is 0.160. The highest BCUT2D eigenvalue weighted by Gasteiger charge is 2.16. The number of carboxylic acid groups (broad SMARTS) is 1. The minimum atomic E-state index is -1.12. The molecule has 1 heterocycles. The second kappa shape index (κ2) is 10.1. The Balaban J connectivity index is 1.73. The van der Waals surface area contributed by atoms with Gasteiger partial charge in [0.05, 0.1) is 5.69 Å².